The molecule has 0 bridgehead atoms. The zero-order valence-corrected chi connectivity index (χ0v) is 7.54. The van der Waals surface area contributed by atoms with Crippen LogP contribution < -0.4 is 0 Å². The molecule has 0 amide bonds. The third-order valence-corrected chi connectivity index (χ3v) is 1.99. The number of hydrogen-bond acceptors (Lipinski definition) is 2. The fourth-order valence-corrected chi connectivity index (χ4v) is 1.21. The Balaban J connectivity index is 3.27. The first-order chi connectivity index (χ1) is 6.56. The molecule has 3 nitrogen and oxygen atoms in total. The first kappa shape index (κ1) is 10.2. The van der Waals surface area contributed by atoms with E-state index in [-0.39, 0.29) is 5.56 Å². The number of carbonyl (C=O) groups is 1. The van der Waals surface area contributed by atoms with Gasteiger partial charge in [0.1, 0.15) is 5.82 Å². The molecule has 0 atom stereocenters. The summed E-state index contributed by atoms with van der Waals surface area (Å²) in [7, 11) is 0. The van der Waals surface area contributed by atoms with Gasteiger partial charge in [0.15, 0.2) is 0 Å². The predicted octanol–water partition coefficient (Wildman–Crippen LogP) is 1.63. The zero-order valence-electron chi connectivity index (χ0n) is 7.54. The number of aliphatic carboxylic acids is 1. The van der Waals surface area contributed by atoms with Crippen molar-refractivity contribution in [3.63, 3.8) is 0 Å². The average molecular weight is 193 g/mol. The molecule has 1 aromatic rings. The Morgan fingerprint density at radius 3 is 2.79 bits per heavy atom. The Morgan fingerprint density at radius 1 is 1.64 bits per heavy atom. The van der Waals surface area contributed by atoms with Crippen LogP contribution in [0.15, 0.2) is 12.1 Å². The molecular weight excluding hydrogens is 185 g/mol. The maximum absolute atomic E-state index is 13.2. The van der Waals surface area contributed by atoms with Gasteiger partial charge in [-0.1, -0.05) is 0 Å². The molecule has 0 radical (unpaired) electrons. The van der Waals surface area contributed by atoms with E-state index < -0.39 is 18.2 Å². The van der Waals surface area contributed by atoms with E-state index in [4.69, 9.17) is 10.4 Å². The number of rotatable bonds is 2. The van der Waals surface area contributed by atoms with Gasteiger partial charge in [0, 0.05) is 5.56 Å². The predicted molar refractivity (Wildman–Crippen MR) is 47.2 cm³/mol. The summed E-state index contributed by atoms with van der Waals surface area (Å²) in [5.41, 5.74) is 0.786. The fourth-order valence-electron chi connectivity index (χ4n) is 1.21. The summed E-state index contributed by atoms with van der Waals surface area (Å²) in [6, 6.07) is 4.33. The van der Waals surface area contributed by atoms with Gasteiger partial charge in [-0.25, -0.2) is 4.39 Å². The van der Waals surface area contributed by atoms with Crippen molar-refractivity contribution in [2.45, 2.75) is 13.3 Å². The molecule has 0 spiro atoms. The Hall–Kier alpha value is -1.89. The van der Waals surface area contributed by atoms with Crippen LogP contribution in [0, 0.1) is 24.1 Å². The largest absolute Gasteiger partial charge is 0.481 e. The molecule has 0 heterocycles. The smallest absolute Gasteiger partial charge is 0.307 e. The van der Waals surface area contributed by atoms with Crippen molar-refractivity contribution in [1.82, 2.24) is 0 Å². The number of carboxylic acid groups (broad SMARTS) is 1. The van der Waals surface area contributed by atoms with Gasteiger partial charge in [-0.3, -0.25) is 4.79 Å². The standard InChI is InChI=1S/C10H8FNO2/c1-6-7(5-12)2-3-9(11)8(6)4-10(13)14/h2-3H,4H2,1H3,(H,13,14). The van der Waals surface area contributed by atoms with Crippen molar-refractivity contribution in [3.05, 3.63) is 34.6 Å². The lowest BCUT2D eigenvalue weighted by Gasteiger charge is -2.05. The molecule has 0 aliphatic carbocycles. The van der Waals surface area contributed by atoms with Gasteiger partial charge in [-0.2, -0.15) is 5.26 Å². The lowest BCUT2D eigenvalue weighted by atomic mass is 10.0. The van der Waals surface area contributed by atoms with Crippen LogP contribution in [0.1, 0.15) is 16.7 Å². The second-order valence-electron chi connectivity index (χ2n) is 2.88. The maximum atomic E-state index is 13.2. The van der Waals surface area contributed by atoms with Gasteiger partial charge >= 0.3 is 5.97 Å². The van der Waals surface area contributed by atoms with Gasteiger partial charge in [0.25, 0.3) is 0 Å². The van der Waals surface area contributed by atoms with Gasteiger partial charge in [0.2, 0.25) is 0 Å². The Kier molecular flexibility index (Phi) is 2.82. The number of halogens is 1. The molecule has 4 heteroatoms. The highest BCUT2D eigenvalue weighted by Gasteiger charge is 2.12. The maximum Gasteiger partial charge on any atom is 0.307 e. The molecule has 0 aromatic heterocycles. The number of nitriles is 1. The van der Waals surface area contributed by atoms with Crippen LogP contribution >= 0.6 is 0 Å². The average Bonchev–Trinajstić information content (AvgIpc) is 2.12. The highest BCUT2D eigenvalue weighted by molar-refractivity contribution is 5.71. The lowest BCUT2D eigenvalue weighted by molar-refractivity contribution is -0.136. The molecule has 0 fully saturated rings. The first-order valence-corrected chi connectivity index (χ1v) is 3.96. The van der Waals surface area contributed by atoms with Gasteiger partial charge in [-0.05, 0) is 24.6 Å². The van der Waals surface area contributed by atoms with E-state index >= 15 is 0 Å². The first-order valence-electron chi connectivity index (χ1n) is 3.96. The number of nitrogens with zero attached hydrogens (tertiary/aromatic N) is 1. The minimum atomic E-state index is -1.11. The monoisotopic (exact) mass is 193 g/mol. The highest BCUT2D eigenvalue weighted by atomic mass is 19.1. The summed E-state index contributed by atoms with van der Waals surface area (Å²) in [4.78, 5) is 10.4. The fraction of sp³-hybridized carbons (Fsp3) is 0.200. The topological polar surface area (TPSA) is 61.1 Å². The molecule has 0 saturated heterocycles. The van der Waals surface area contributed by atoms with Gasteiger partial charge in [-0.15, -0.1) is 0 Å². The molecule has 0 aliphatic heterocycles. The van der Waals surface area contributed by atoms with Crippen molar-refractivity contribution < 1.29 is 14.3 Å². The minimum absolute atomic E-state index is 0.0801. The van der Waals surface area contributed by atoms with Crippen LogP contribution in [-0.4, -0.2) is 11.1 Å². The molecule has 1 N–H and O–H groups in total. The third kappa shape index (κ3) is 1.88. The van der Waals surface area contributed by atoms with E-state index in [1.165, 1.54) is 6.07 Å². The summed E-state index contributed by atoms with van der Waals surface area (Å²) < 4.78 is 13.2. The minimum Gasteiger partial charge on any atom is -0.481 e. The summed E-state index contributed by atoms with van der Waals surface area (Å²) >= 11 is 0. The molecule has 14 heavy (non-hydrogen) atoms. The van der Waals surface area contributed by atoms with Crippen molar-refractivity contribution >= 4 is 5.97 Å². The molecular formula is C10H8FNO2. The number of hydrogen-bond donors (Lipinski definition) is 1. The van der Waals surface area contributed by atoms with Crippen LogP contribution in [-0.2, 0) is 11.2 Å². The van der Waals surface area contributed by atoms with Crippen molar-refractivity contribution in [2.24, 2.45) is 0 Å². The second-order valence-corrected chi connectivity index (χ2v) is 2.88. The van der Waals surface area contributed by atoms with Crippen molar-refractivity contribution in [1.29, 1.82) is 5.26 Å². The Morgan fingerprint density at radius 2 is 2.29 bits per heavy atom. The Bertz CT molecular complexity index is 421. The van der Waals surface area contributed by atoms with E-state index in [1.54, 1.807) is 6.92 Å². The molecule has 1 rings (SSSR count). The summed E-state index contributed by atoms with van der Waals surface area (Å²) in [5, 5.41) is 17.2. The van der Waals surface area contributed by atoms with Crippen LogP contribution in [0.25, 0.3) is 0 Å². The molecule has 0 aliphatic rings. The van der Waals surface area contributed by atoms with Crippen LogP contribution in [0.3, 0.4) is 0 Å². The van der Waals surface area contributed by atoms with E-state index in [9.17, 15) is 9.18 Å². The molecule has 0 saturated carbocycles. The Labute approximate surface area is 80.4 Å². The number of benzene rings is 1. The summed E-state index contributed by atoms with van der Waals surface area (Å²) in [6.07, 6.45) is -0.396. The second kappa shape index (κ2) is 3.88. The quantitative estimate of drug-likeness (QED) is 0.776. The molecule has 1 aromatic carbocycles. The van der Waals surface area contributed by atoms with E-state index in [1.807, 2.05) is 6.07 Å². The van der Waals surface area contributed by atoms with E-state index in [2.05, 4.69) is 0 Å². The normalized spacial score (nSPS) is 9.50. The SMILES string of the molecule is Cc1c(C#N)ccc(F)c1CC(=O)O. The van der Waals surface area contributed by atoms with Crippen molar-refractivity contribution in [2.75, 3.05) is 0 Å². The molecule has 72 valence electrons. The van der Waals surface area contributed by atoms with Gasteiger partial charge in [0.05, 0.1) is 18.1 Å². The van der Waals surface area contributed by atoms with Gasteiger partial charge < -0.3 is 5.11 Å². The third-order valence-electron chi connectivity index (χ3n) is 1.99. The molecule has 0 unspecified atom stereocenters. The van der Waals surface area contributed by atoms with E-state index in [0.717, 1.165) is 6.07 Å². The lowest BCUT2D eigenvalue weighted by Crippen LogP contribution is -2.05. The van der Waals surface area contributed by atoms with Crippen molar-refractivity contribution in [3.8, 4) is 6.07 Å². The summed E-state index contributed by atoms with van der Waals surface area (Å²) in [6.45, 7) is 1.54. The van der Waals surface area contributed by atoms with E-state index in [0.29, 0.717) is 11.1 Å². The van der Waals surface area contributed by atoms with Crippen LogP contribution in [0.4, 0.5) is 4.39 Å². The highest BCUT2D eigenvalue weighted by Crippen LogP contribution is 2.17. The van der Waals surface area contributed by atoms with Crippen LogP contribution in [0.5, 0.6) is 0 Å². The number of carboxylic acids is 1. The zero-order chi connectivity index (χ0) is 10.7. The summed E-state index contributed by atoms with van der Waals surface area (Å²) in [5.74, 6) is -1.69. The van der Waals surface area contributed by atoms with Crippen LogP contribution in [0.2, 0.25) is 0 Å².